The van der Waals surface area contributed by atoms with Crippen molar-refractivity contribution in [2.75, 3.05) is 19.6 Å². The van der Waals surface area contributed by atoms with Gasteiger partial charge in [0.15, 0.2) is 5.96 Å². The van der Waals surface area contributed by atoms with E-state index in [0.717, 1.165) is 37.5 Å². The highest BCUT2D eigenvalue weighted by Crippen LogP contribution is 2.20. The van der Waals surface area contributed by atoms with Gasteiger partial charge >= 0.3 is 6.61 Å². The summed E-state index contributed by atoms with van der Waals surface area (Å²) in [7, 11) is 0. The fourth-order valence-corrected chi connectivity index (χ4v) is 3.12. The first-order chi connectivity index (χ1) is 12.5. The molecular formula is C18H26F2N4O2. The Morgan fingerprint density at radius 1 is 1.50 bits per heavy atom. The molecule has 1 aromatic rings. The third-order valence-electron chi connectivity index (χ3n) is 4.18. The zero-order valence-electron chi connectivity index (χ0n) is 15.0. The zero-order chi connectivity index (χ0) is 18.9. The number of carbonyl (C=O) groups is 1. The number of halogens is 2. The van der Waals surface area contributed by atoms with Crippen molar-refractivity contribution >= 4 is 11.9 Å². The molecule has 3 N–H and O–H groups in total. The van der Waals surface area contributed by atoms with Crippen LogP contribution in [0.1, 0.15) is 31.7 Å². The number of nitrogens with one attached hydrogen (secondary N) is 1. The Morgan fingerprint density at radius 2 is 2.31 bits per heavy atom. The van der Waals surface area contributed by atoms with Gasteiger partial charge in [-0.15, -0.1) is 0 Å². The second kappa shape index (κ2) is 9.94. The zero-order valence-corrected chi connectivity index (χ0v) is 15.0. The van der Waals surface area contributed by atoms with Crippen molar-refractivity contribution in [3.8, 4) is 5.75 Å². The van der Waals surface area contributed by atoms with Crippen LogP contribution in [0.3, 0.4) is 0 Å². The monoisotopic (exact) mass is 368 g/mol. The number of carbonyl (C=O) groups excluding carboxylic acids is 1. The molecule has 1 amide bonds. The highest BCUT2D eigenvalue weighted by Gasteiger charge is 2.23. The van der Waals surface area contributed by atoms with Crippen molar-refractivity contribution in [3.05, 3.63) is 29.8 Å². The molecule has 6 nitrogen and oxygen atoms in total. The Hall–Kier alpha value is -2.38. The summed E-state index contributed by atoms with van der Waals surface area (Å²) in [5.74, 6) is 0.821. The van der Waals surface area contributed by atoms with Gasteiger partial charge in [0.2, 0.25) is 5.91 Å². The number of ether oxygens (including phenoxy) is 1. The maximum absolute atomic E-state index is 12.3. The Bertz CT molecular complexity index is 625. The summed E-state index contributed by atoms with van der Waals surface area (Å²) in [4.78, 5) is 17.9. The lowest BCUT2D eigenvalue weighted by atomic mass is 9.95. The van der Waals surface area contributed by atoms with Crippen LogP contribution in [-0.4, -0.2) is 43.0 Å². The van der Waals surface area contributed by atoms with Gasteiger partial charge in [0.25, 0.3) is 0 Å². The van der Waals surface area contributed by atoms with Gasteiger partial charge in [-0.25, -0.2) is 4.99 Å². The number of piperidine rings is 1. The van der Waals surface area contributed by atoms with E-state index < -0.39 is 6.61 Å². The molecule has 0 radical (unpaired) electrons. The number of likely N-dealkylation sites (tertiary alicyclic amines) is 1. The van der Waals surface area contributed by atoms with Gasteiger partial charge in [-0.2, -0.15) is 8.78 Å². The molecule has 1 aromatic carbocycles. The minimum absolute atomic E-state index is 0.122. The average molecular weight is 368 g/mol. The number of benzene rings is 1. The lowest BCUT2D eigenvalue weighted by Gasteiger charge is -2.34. The van der Waals surface area contributed by atoms with Crippen LogP contribution in [-0.2, 0) is 11.3 Å². The summed E-state index contributed by atoms with van der Waals surface area (Å²) >= 11 is 0. The van der Waals surface area contributed by atoms with Gasteiger partial charge in [-0.3, -0.25) is 4.79 Å². The number of aliphatic imine (C=N–C) groups is 1. The third-order valence-corrected chi connectivity index (χ3v) is 4.18. The van der Waals surface area contributed by atoms with Crippen molar-refractivity contribution < 1.29 is 18.3 Å². The van der Waals surface area contributed by atoms with E-state index in [2.05, 4.69) is 19.9 Å². The summed E-state index contributed by atoms with van der Waals surface area (Å²) in [5.41, 5.74) is 6.10. The van der Waals surface area contributed by atoms with Gasteiger partial charge in [-0.05, 0) is 43.4 Å². The topological polar surface area (TPSA) is 80.0 Å². The van der Waals surface area contributed by atoms with Crippen LogP contribution in [0, 0.1) is 5.92 Å². The van der Waals surface area contributed by atoms with E-state index in [9.17, 15) is 13.6 Å². The van der Waals surface area contributed by atoms with E-state index in [-0.39, 0.29) is 17.6 Å². The Kier molecular flexibility index (Phi) is 7.62. The average Bonchev–Trinajstić information content (AvgIpc) is 2.58. The van der Waals surface area contributed by atoms with Crippen molar-refractivity contribution in [3.63, 3.8) is 0 Å². The number of nitrogens with zero attached hydrogens (tertiary/aromatic N) is 2. The molecule has 1 aliphatic heterocycles. The van der Waals surface area contributed by atoms with Crippen molar-refractivity contribution in [2.24, 2.45) is 16.6 Å². The SMILES string of the molecule is CCNC(=NCc1cccc(OC(F)F)c1)N1CCCC(CC(N)=O)C1. The molecule has 1 fully saturated rings. The number of nitrogens with two attached hydrogens (primary N) is 1. The third kappa shape index (κ3) is 6.50. The van der Waals surface area contributed by atoms with Crippen LogP contribution in [0.25, 0.3) is 0 Å². The standard InChI is InChI=1S/C18H26F2N4O2/c1-2-22-18(24-8-4-6-14(12-24)10-16(21)25)23-11-13-5-3-7-15(9-13)26-17(19)20/h3,5,7,9,14,17H,2,4,6,8,10-12H2,1H3,(H2,21,25)(H,22,23). The first-order valence-electron chi connectivity index (χ1n) is 8.83. The van der Waals surface area contributed by atoms with Crippen LogP contribution >= 0.6 is 0 Å². The minimum Gasteiger partial charge on any atom is -0.435 e. The Labute approximate surface area is 152 Å². The molecule has 0 saturated carbocycles. The summed E-state index contributed by atoms with van der Waals surface area (Å²) in [6.07, 6.45) is 2.33. The van der Waals surface area contributed by atoms with Gasteiger partial charge in [-0.1, -0.05) is 12.1 Å². The summed E-state index contributed by atoms with van der Waals surface area (Å²) < 4.78 is 29.1. The predicted octanol–water partition coefficient (Wildman–Crippen LogP) is 2.34. The summed E-state index contributed by atoms with van der Waals surface area (Å²) in [5, 5.41) is 3.25. The lowest BCUT2D eigenvalue weighted by molar-refractivity contribution is -0.119. The van der Waals surface area contributed by atoms with Gasteiger partial charge in [0.05, 0.1) is 6.54 Å². The van der Waals surface area contributed by atoms with Crippen LogP contribution in [0.15, 0.2) is 29.3 Å². The normalized spacial score (nSPS) is 18.1. The summed E-state index contributed by atoms with van der Waals surface area (Å²) in [6.45, 7) is 1.78. The molecule has 1 unspecified atom stereocenters. The van der Waals surface area contributed by atoms with Gasteiger partial charge in [0.1, 0.15) is 5.75 Å². The van der Waals surface area contributed by atoms with E-state index in [1.807, 2.05) is 13.0 Å². The lowest BCUT2D eigenvalue weighted by Crippen LogP contribution is -2.47. The number of hydrogen-bond acceptors (Lipinski definition) is 3. The quantitative estimate of drug-likeness (QED) is 0.572. The first-order valence-corrected chi connectivity index (χ1v) is 8.83. The van der Waals surface area contributed by atoms with Crippen molar-refractivity contribution in [2.45, 2.75) is 39.3 Å². The fraction of sp³-hybridized carbons (Fsp3) is 0.556. The van der Waals surface area contributed by atoms with Crippen molar-refractivity contribution in [1.29, 1.82) is 0 Å². The van der Waals surface area contributed by atoms with E-state index in [1.165, 1.54) is 6.07 Å². The van der Waals surface area contributed by atoms with Gasteiger partial charge in [0, 0.05) is 26.1 Å². The number of guanidine groups is 1. The number of primary amides is 1. The molecule has 1 aliphatic rings. The molecule has 2 rings (SSSR count). The van der Waals surface area contributed by atoms with E-state index >= 15 is 0 Å². The maximum Gasteiger partial charge on any atom is 0.387 e. The fourth-order valence-electron chi connectivity index (χ4n) is 3.12. The molecule has 26 heavy (non-hydrogen) atoms. The molecule has 0 spiro atoms. The van der Waals surface area contributed by atoms with E-state index in [4.69, 9.17) is 5.73 Å². The van der Waals surface area contributed by atoms with Gasteiger partial charge < -0.3 is 20.7 Å². The van der Waals surface area contributed by atoms with Crippen LogP contribution in [0.4, 0.5) is 8.78 Å². The number of hydrogen-bond donors (Lipinski definition) is 2. The predicted molar refractivity (Wildman–Crippen MR) is 96.0 cm³/mol. The second-order valence-electron chi connectivity index (χ2n) is 6.32. The molecule has 8 heteroatoms. The number of alkyl halides is 2. The van der Waals surface area contributed by atoms with Crippen LogP contribution in [0.2, 0.25) is 0 Å². The largest absolute Gasteiger partial charge is 0.435 e. The molecule has 1 heterocycles. The maximum atomic E-state index is 12.3. The van der Waals surface area contributed by atoms with E-state index in [0.29, 0.717) is 19.5 Å². The summed E-state index contributed by atoms with van der Waals surface area (Å²) in [6, 6.07) is 6.53. The minimum atomic E-state index is -2.85. The molecular weight excluding hydrogens is 342 g/mol. The second-order valence-corrected chi connectivity index (χ2v) is 6.32. The smallest absolute Gasteiger partial charge is 0.387 e. The highest BCUT2D eigenvalue weighted by molar-refractivity contribution is 5.80. The van der Waals surface area contributed by atoms with Crippen molar-refractivity contribution in [1.82, 2.24) is 10.2 Å². The first kappa shape index (κ1) is 19.9. The molecule has 0 aliphatic carbocycles. The molecule has 1 atom stereocenters. The van der Waals surface area contributed by atoms with E-state index in [1.54, 1.807) is 12.1 Å². The number of rotatable bonds is 7. The molecule has 144 valence electrons. The molecule has 0 aromatic heterocycles. The van der Waals surface area contributed by atoms with Crippen LogP contribution in [0.5, 0.6) is 5.75 Å². The molecule has 0 bridgehead atoms. The Morgan fingerprint density at radius 3 is 3.00 bits per heavy atom. The van der Waals surface area contributed by atoms with Crippen LogP contribution < -0.4 is 15.8 Å². The molecule has 1 saturated heterocycles. The number of amides is 1. The highest BCUT2D eigenvalue weighted by atomic mass is 19.3. The Balaban J connectivity index is 2.05.